The molecule has 0 unspecified atom stereocenters. The van der Waals surface area contributed by atoms with Gasteiger partial charge in [0.1, 0.15) is 11.5 Å². The van der Waals surface area contributed by atoms with Crippen molar-refractivity contribution in [3.05, 3.63) is 29.6 Å². The third-order valence-electron chi connectivity index (χ3n) is 5.80. The van der Waals surface area contributed by atoms with Crippen LogP contribution in [0.1, 0.15) is 61.2 Å². The lowest BCUT2D eigenvalue weighted by molar-refractivity contribution is 0.0692. The monoisotopic (exact) mass is 371 g/mol. The van der Waals surface area contributed by atoms with Crippen LogP contribution in [0.3, 0.4) is 0 Å². The third-order valence-corrected chi connectivity index (χ3v) is 5.80. The van der Waals surface area contributed by atoms with Crippen molar-refractivity contribution in [2.45, 2.75) is 58.7 Å². The van der Waals surface area contributed by atoms with Crippen molar-refractivity contribution in [3.63, 3.8) is 0 Å². The molecule has 0 bridgehead atoms. The lowest BCUT2D eigenvalue weighted by Crippen LogP contribution is -2.40. The predicted octanol–water partition coefficient (Wildman–Crippen LogP) is 1.74. The summed E-state index contributed by atoms with van der Waals surface area (Å²) in [6.45, 7) is 10.4. The quantitative estimate of drug-likeness (QED) is 0.801. The maximum atomic E-state index is 12.9. The summed E-state index contributed by atoms with van der Waals surface area (Å²) in [6.07, 6.45) is 5.20. The molecule has 0 aliphatic carbocycles. The number of hydrogen-bond acceptors (Lipinski definition) is 5. The second-order valence-corrected chi connectivity index (χ2v) is 7.50. The molecule has 1 amide bonds. The average molecular weight is 371 g/mol. The van der Waals surface area contributed by atoms with Crippen molar-refractivity contribution in [1.29, 1.82) is 0 Å². The molecule has 8 nitrogen and oxygen atoms in total. The van der Waals surface area contributed by atoms with Gasteiger partial charge in [0.25, 0.3) is 5.91 Å². The molecular weight excluding hydrogens is 342 g/mol. The van der Waals surface area contributed by atoms with Gasteiger partial charge in [0.2, 0.25) is 0 Å². The number of piperidine rings is 1. The van der Waals surface area contributed by atoms with E-state index in [1.165, 1.54) is 13.0 Å². The van der Waals surface area contributed by atoms with Crippen molar-refractivity contribution >= 4 is 5.91 Å². The van der Waals surface area contributed by atoms with Crippen LogP contribution in [0.25, 0.3) is 0 Å². The number of hydrogen-bond donors (Lipinski definition) is 0. The molecule has 1 fully saturated rings. The van der Waals surface area contributed by atoms with Crippen LogP contribution >= 0.6 is 0 Å². The molecule has 2 aromatic rings. The highest BCUT2D eigenvalue weighted by Gasteiger charge is 2.30. The maximum Gasteiger partial charge on any atom is 0.272 e. The van der Waals surface area contributed by atoms with Crippen molar-refractivity contribution in [2.24, 2.45) is 0 Å². The molecule has 2 aliphatic rings. The van der Waals surface area contributed by atoms with E-state index in [9.17, 15) is 4.79 Å². The number of carbonyl (C=O) groups excluding carboxylic acids is 1. The van der Waals surface area contributed by atoms with E-state index >= 15 is 0 Å². The molecule has 0 radical (unpaired) electrons. The standard InChI is InChI=1S/C19H29N7O/c1-3-9-23-10-6-15(7-11-23)18-22-21-17-14-24(12-13-25(17)18)19(27)16-5-8-20-26(16)4-2/h5,8,15H,3-4,6-7,9-14H2,1-2H3. The van der Waals surface area contributed by atoms with Gasteiger partial charge in [-0.15, -0.1) is 10.2 Å². The Morgan fingerprint density at radius 1 is 1.15 bits per heavy atom. The van der Waals surface area contributed by atoms with Crippen molar-refractivity contribution in [1.82, 2.24) is 34.3 Å². The number of amides is 1. The zero-order valence-electron chi connectivity index (χ0n) is 16.3. The van der Waals surface area contributed by atoms with E-state index in [1.807, 2.05) is 11.8 Å². The topological polar surface area (TPSA) is 72.1 Å². The Balaban J connectivity index is 1.44. The molecule has 4 rings (SSSR count). The Labute approximate surface area is 160 Å². The molecule has 0 aromatic carbocycles. The first kappa shape index (κ1) is 18.2. The fraction of sp³-hybridized carbons (Fsp3) is 0.684. The van der Waals surface area contributed by atoms with Crippen LogP contribution in [-0.2, 0) is 19.6 Å². The molecular formula is C19H29N7O. The molecule has 8 heteroatoms. The summed E-state index contributed by atoms with van der Waals surface area (Å²) in [7, 11) is 0. The van der Waals surface area contributed by atoms with Crippen LogP contribution < -0.4 is 0 Å². The number of fused-ring (bicyclic) bond motifs is 1. The summed E-state index contributed by atoms with van der Waals surface area (Å²) >= 11 is 0. The Hall–Kier alpha value is -2.22. The number of aryl methyl sites for hydroxylation is 1. The van der Waals surface area contributed by atoms with E-state index < -0.39 is 0 Å². The first-order valence-corrected chi connectivity index (χ1v) is 10.2. The lowest BCUT2D eigenvalue weighted by atomic mass is 9.95. The van der Waals surface area contributed by atoms with E-state index in [0.29, 0.717) is 31.2 Å². The largest absolute Gasteiger partial charge is 0.328 e. The van der Waals surface area contributed by atoms with E-state index in [4.69, 9.17) is 0 Å². The van der Waals surface area contributed by atoms with E-state index in [1.54, 1.807) is 16.9 Å². The van der Waals surface area contributed by atoms with Gasteiger partial charge < -0.3 is 14.4 Å². The summed E-state index contributed by atoms with van der Waals surface area (Å²) in [6, 6.07) is 1.79. The molecule has 2 aromatic heterocycles. The molecule has 146 valence electrons. The van der Waals surface area contributed by atoms with Gasteiger partial charge in [0.05, 0.1) is 6.54 Å². The minimum absolute atomic E-state index is 0.0259. The van der Waals surface area contributed by atoms with E-state index in [2.05, 4.69) is 31.7 Å². The van der Waals surface area contributed by atoms with Crippen LogP contribution in [0.5, 0.6) is 0 Å². The average Bonchev–Trinajstić information content (AvgIpc) is 3.34. The number of aromatic nitrogens is 5. The van der Waals surface area contributed by atoms with Crippen molar-refractivity contribution in [3.8, 4) is 0 Å². The number of nitrogens with zero attached hydrogens (tertiary/aromatic N) is 7. The molecule has 0 spiro atoms. The zero-order chi connectivity index (χ0) is 18.8. The first-order valence-electron chi connectivity index (χ1n) is 10.2. The van der Waals surface area contributed by atoms with Crippen molar-refractivity contribution in [2.75, 3.05) is 26.2 Å². The van der Waals surface area contributed by atoms with Gasteiger partial charge in [-0.25, -0.2) is 0 Å². The minimum Gasteiger partial charge on any atom is -0.328 e. The van der Waals surface area contributed by atoms with Gasteiger partial charge in [-0.1, -0.05) is 6.92 Å². The van der Waals surface area contributed by atoms with Gasteiger partial charge in [0, 0.05) is 31.7 Å². The first-order chi connectivity index (χ1) is 13.2. The molecule has 4 heterocycles. The van der Waals surface area contributed by atoms with Crippen LogP contribution in [0, 0.1) is 0 Å². The molecule has 2 aliphatic heterocycles. The number of rotatable bonds is 5. The second-order valence-electron chi connectivity index (χ2n) is 7.50. The molecule has 1 saturated heterocycles. The number of carbonyl (C=O) groups is 1. The van der Waals surface area contributed by atoms with Crippen LogP contribution in [-0.4, -0.2) is 66.4 Å². The minimum atomic E-state index is 0.0259. The second kappa shape index (κ2) is 7.80. The summed E-state index contributed by atoms with van der Waals surface area (Å²) in [4.78, 5) is 17.3. The SMILES string of the molecule is CCCN1CCC(c2nnc3n2CCN(C(=O)c2ccnn2CC)C3)CC1. The Morgan fingerprint density at radius 3 is 2.70 bits per heavy atom. The normalized spacial score (nSPS) is 18.7. The summed E-state index contributed by atoms with van der Waals surface area (Å²) in [5, 5.41) is 13.2. The fourth-order valence-corrected chi connectivity index (χ4v) is 4.31. The Bertz CT molecular complexity index is 788. The Morgan fingerprint density at radius 2 is 1.96 bits per heavy atom. The molecule has 0 atom stereocenters. The van der Waals surface area contributed by atoms with Gasteiger partial charge in [-0.05, 0) is 51.9 Å². The predicted molar refractivity (Wildman–Crippen MR) is 101 cm³/mol. The van der Waals surface area contributed by atoms with Crippen LogP contribution in [0.4, 0.5) is 0 Å². The third kappa shape index (κ3) is 3.50. The fourth-order valence-electron chi connectivity index (χ4n) is 4.31. The lowest BCUT2D eigenvalue weighted by Gasteiger charge is -2.33. The van der Waals surface area contributed by atoms with E-state index in [0.717, 1.165) is 44.1 Å². The summed E-state index contributed by atoms with van der Waals surface area (Å²) in [5.74, 6) is 2.54. The molecule has 27 heavy (non-hydrogen) atoms. The Kier molecular flexibility index (Phi) is 5.24. The number of likely N-dealkylation sites (tertiary alicyclic amines) is 1. The highest BCUT2D eigenvalue weighted by Crippen LogP contribution is 2.28. The highest BCUT2D eigenvalue weighted by molar-refractivity contribution is 5.92. The molecule has 0 N–H and O–H groups in total. The zero-order valence-corrected chi connectivity index (χ0v) is 16.3. The maximum absolute atomic E-state index is 12.9. The van der Waals surface area contributed by atoms with Gasteiger partial charge in [-0.3, -0.25) is 9.48 Å². The van der Waals surface area contributed by atoms with Gasteiger partial charge in [0.15, 0.2) is 5.82 Å². The highest BCUT2D eigenvalue weighted by atomic mass is 16.2. The summed E-state index contributed by atoms with van der Waals surface area (Å²) < 4.78 is 4.00. The smallest absolute Gasteiger partial charge is 0.272 e. The summed E-state index contributed by atoms with van der Waals surface area (Å²) in [5.41, 5.74) is 0.647. The van der Waals surface area contributed by atoms with Crippen molar-refractivity contribution < 1.29 is 4.79 Å². The van der Waals surface area contributed by atoms with E-state index in [-0.39, 0.29) is 5.91 Å². The van der Waals surface area contributed by atoms with Gasteiger partial charge >= 0.3 is 0 Å². The van der Waals surface area contributed by atoms with Crippen LogP contribution in [0.2, 0.25) is 0 Å². The van der Waals surface area contributed by atoms with Crippen LogP contribution in [0.15, 0.2) is 12.3 Å². The van der Waals surface area contributed by atoms with Gasteiger partial charge in [-0.2, -0.15) is 5.10 Å². The molecule has 0 saturated carbocycles.